The van der Waals surface area contributed by atoms with Gasteiger partial charge in [-0.1, -0.05) is 33.3 Å². The maximum atomic E-state index is 11.8. The highest BCUT2D eigenvalue weighted by molar-refractivity contribution is 5.83. The van der Waals surface area contributed by atoms with Crippen molar-refractivity contribution in [3.63, 3.8) is 0 Å². The number of carbonyl (C=O) groups is 2. The van der Waals surface area contributed by atoms with Gasteiger partial charge in [-0.2, -0.15) is 0 Å². The molecule has 0 bridgehead atoms. The third kappa shape index (κ3) is 10.4. The Morgan fingerprint density at radius 1 is 1.16 bits per heavy atom. The molecular formula is C15H27NO3. The topological polar surface area (TPSA) is 46.6 Å². The van der Waals surface area contributed by atoms with Gasteiger partial charge < -0.3 is 4.74 Å². The van der Waals surface area contributed by atoms with Crippen LogP contribution in [0.4, 0.5) is 0 Å². The van der Waals surface area contributed by atoms with Crippen molar-refractivity contribution in [1.29, 1.82) is 0 Å². The van der Waals surface area contributed by atoms with Crippen molar-refractivity contribution in [3.8, 4) is 0 Å². The van der Waals surface area contributed by atoms with Crippen molar-refractivity contribution in [2.45, 2.75) is 46.0 Å². The van der Waals surface area contributed by atoms with Crippen molar-refractivity contribution in [2.75, 3.05) is 26.2 Å². The summed E-state index contributed by atoms with van der Waals surface area (Å²) in [4.78, 5) is 24.8. The number of rotatable bonds is 12. The molecule has 0 spiro atoms. The molecule has 0 N–H and O–H groups in total. The lowest BCUT2D eigenvalue weighted by Crippen LogP contribution is -2.32. The molecule has 0 saturated heterocycles. The fourth-order valence-electron chi connectivity index (χ4n) is 1.69. The Morgan fingerprint density at radius 2 is 1.74 bits per heavy atom. The number of Topliss-reactive ketones (excluding diaryl/α,β-unsaturated/α-hetero) is 1. The Hall–Kier alpha value is -1.16. The van der Waals surface area contributed by atoms with Gasteiger partial charge in [-0.3, -0.25) is 9.69 Å². The molecular weight excluding hydrogens is 242 g/mol. The largest absolute Gasteiger partial charge is 0.462 e. The first-order valence-corrected chi connectivity index (χ1v) is 7.17. The molecule has 0 saturated carbocycles. The summed E-state index contributed by atoms with van der Waals surface area (Å²) < 4.78 is 4.81. The molecule has 0 aromatic heterocycles. The van der Waals surface area contributed by atoms with Crippen LogP contribution in [0.25, 0.3) is 0 Å². The molecule has 0 rings (SSSR count). The highest BCUT2D eigenvalue weighted by Crippen LogP contribution is 2.00. The summed E-state index contributed by atoms with van der Waals surface area (Å²) in [6.45, 7) is 10.2. The zero-order valence-electron chi connectivity index (χ0n) is 12.3. The van der Waals surface area contributed by atoms with Gasteiger partial charge in [0.05, 0.1) is 13.2 Å². The van der Waals surface area contributed by atoms with Crippen LogP contribution >= 0.6 is 0 Å². The number of hydrogen-bond acceptors (Lipinski definition) is 4. The highest BCUT2D eigenvalue weighted by atomic mass is 16.5. The summed E-state index contributed by atoms with van der Waals surface area (Å²) in [6.07, 6.45) is 5.89. The molecule has 0 aromatic rings. The quantitative estimate of drug-likeness (QED) is 0.403. The second-order valence-electron chi connectivity index (χ2n) is 4.64. The SMILES string of the molecule is C=CC(=O)OCCC(=O)CN(CCCC)CCCC. The van der Waals surface area contributed by atoms with Gasteiger partial charge in [0, 0.05) is 12.5 Å². The number of ketones is 1. The highest BCUT2D eigenvalue weighted by Gasteiger charge is 2.10. The van der Waals surface area contributed by atoms with E-state index in [1.807, 2.05) is 0 Å². The predicted molar refractivity (Wildman–Crippen MR) is 77.0 cm³/mol. The Balaban J connectivity index is 3.92. The van der Waals surface area contributed by atoms with Crippen molar-refractivity contribution < 1.29 is 14.3 Å². The molecule has 0 aliphatic rings. The number of carbonyl (C=O) groups excluding carboxylic acids is 2. The van der Waals surface area contributed by atoms with Crippen molar-refractivity contribution in [3.05, 3.63) is 12.7 Å². The molecule has 0 radical (unpaired) electrons. The van der Waals surface area contributed by atoms with Crippen LogP contribution in [0.1, 0.15) is 46.0 Å². The minimum Gasteiger partial charge on any atom is -0.462 e. The van der Waals surface area contributed by atoms with E-state index in [4.69, 9.17) is 4.74 Å². The van der Waals surface area contributed by atoms with E-state index in [1.165, 1.54) is 0 Å². The molecule has 19 heavy (non-hydrogen) atoms. The maximum Gasteiger partial charge on any atom is 0.330 e. The first-order chi connectivity index (χ1) is 9.13. The summed E-state index contributed by atoms with van der Waals surface area (Å²) in [5.74, 6) is -0.342. The normalized spacial score (nSPS) is 10.5. The van der Waals surface area contributed by atoms with E-state index >= 15 is 0 Å². The van der Waals surface area contributed by atoms with Gasteiger partial charge in [-0.05, 0) is 25.9 Å². The second-order valence-corrected chi connectivity index (χ2v) is 4.64. The molecule has 0 atom stereocenters. The zero-order valence-corrected chi connectivity index (χ0v) is 12.3. The molecule has 4 heteroatoms. The molecule has 110 valence electrons. The number of unbranched alkanes of at least 4 members (excludes halogenated alkanes) is 2. The lowest BCUT2D eigenvalue weighted by atomic mass is 10.2. The minimum absolute atomic E-state index is 0.129. The van der Waals surface area contributed by atoms with Crippen LogP contribution in [0.2, 0.25) is 0 Å². The third-order valence-electron chi connectivity index (χ3n) is 2.85. The average molecular weight is 269 g/mol. The van der Waals surface area contributed by atoms with Crippen LogP contribution < -0.4 is 0 Å². The number of nitrogens with zero attached hydrogens (tertiary/aromatic N) is 1. The van der Waals surface area contributed by atoms with E-state index in [9.17, 15) is 9.59 Å². The van der Waals surface area contributed by atoms with Crippen LogP contribution in [0.5, 0.6) is 0 Å². The van der Waals surface area contributed by atoms with Gasteiger partial charge in [-0.25, -0.2) is 4.79 Å². The molecule has 0 aliphatic carbocycles. The Bertz CT molecular complexity index is 269. The Labute approximate surface area is 116 Å². The molecule has 0 aliphatic heterocycles. The summed E-state index contributed by atoms with van der Waals surface area (Å²) >= 11 is 0. The second kappa shape index (κ2) is 11.9. The van der Waals surface area contributed by atoms with Gasteiger partial charge in [0.25, 0.3) is 0 Å². The summed E-state index contributed by atoms with van der Waals surface area (Å²) in [5.41, 5.74) is 0. The van der Waals surface area contributed by atoms with Gasteiger partial charge in [0.1, 0.15) is 5.78 Å². The first kappa shape index (κ1) is 17.8. The summed E-state index contributed by atoms with van der Waals surface area (Å²) in [5, 5.41) is 0. The zero-order chi connectivity index (χ0) is 14.5. The monoisotopic (exact) mass is 269 g/mol. The standard InChI is InChI=1S/C15H27NO3/c1-4-7-10-16(11-8-5-2)13-14(17)9-12-19-15(18)6-3/h6H,3-5,7-13H2,1-2H3. The van der Waals surface area contributed by atoms with Crippen molar-refractivity contribution in [2.24, 2.45) is 0 Å². The van der Waals surface area contributed by atoms with E-state index in [1.54, 1.807) is 0 Å². The van der Waals surface area contributed by atoms with Crippen LogP contribution in [0, 0.1) is 0 Å². The molecule has 4 nitrogen and oxygen atoms in total. The van der Waals surface area contributed by atoms with Crippen LogP contribution in [-0.2, 0) is 14.3 Å². The number of hydrogen-bond donors (Lipinski definition) is 0. The predicted octanol–water partition coefficient (Wildman–Crippen LogP) is 2.58. The fraction of sp³-hybridized carbons (Fsp3) is 0.733. The van der Waals surface area contributed by atoms with Crippen LogP contribution in [-0.4, -0.2) is 42.9 Å². The van der Waals surface area contributed by atoms with Gasteiger partial charge >= 0.3 is 5.97 Å². The average Bonchev–Trinajstić information content (AvgIpc) is 2.41. The van der Waals surface area contributed by atoms with E-state index in [2.05, 4.69) is 25.3 Å². The van der Waals surface area contributed by atoms with E-state index in [-0.39, 0.29) is 18.8 Å². The summed E-state index contributed by atoms with van der Waals surface area (Å²) in [6, 6.07) is 0. The number of ether oxygens (including phenoxy) is 1. The third-order valence-corrected chi connectivity index (χ3v) is 2.85. The smallest absolute Gasteiger partial charge is 0.330 e. The van der Waals surface area contributed by atoms with Gasteiger partial charge in [0.15, 0.2) is 0 Å². The number of esters is 1. The van der Waals surface area contributed by atoms with E-state index in [0.29, 0.717) is 6.54 Å². The maximum absolute atomic E-state index is 11.8. The van der Waals surface area contributed by atoms with Gasteiger partial charge in [0.2, 0.25) is 0 Å². The Morgan fingerprint density at radius 3 is 2.21 bits per heavy atom. The van der Waals surface area contributed by atoms with E-state index < -0.39 is 5.97 Å². The molecule has 0 aromatic carbocycles. The lowest BCUT2D eigenvalue weighted by molar-refractivity contribution is -0.138. The fourth-order valence-corrected chi connectivity index (χ4v) is 1.69. The molecule has 0 amide bonds. The minimum atomic E-state index is -0.471. The van der Waals surface area contributed by atoms with Gasteiger partial charge in [-0.15, -0.1) is 0 Å². The molecule has 0 fully saturated rings. The molecule has 0 unspecified atom stereocenters. The van der Waals surface area contributed by atoms with Crippen molar-refractivity contribution >= 4 is 11.8 Å². The summed E-state index contributed by atoms with van der Waals surface area (Å²) in [7, 11) is 0. The first-order valence-electron chi connectivity index (χ1n) is 7.17. The Kier molecular flexibility index (Phi) is 11.2. The van der Waals surface area contributed by atoms with Crippen molar-refractivity contribution in [1.82, 2.24) is 4.90 Å². The lowest BCUT2D eigenvalue weighted by Gasteiger charge is -2.20. The van der Waals surface area contributed by atoms with Crippen LogP contribution in [0.15, 0.2) is 12.7 Å². The van der Waals surface area contributed by atoms with E-state index in [0.717, 1.165) is 44.8 Å². The molecule has 0 heterocycles. The van der Waals surface area contributed by atoms with Crippen LogP contribution in [0.3, 0.4) is 0 Å².